The van der Waals surface area contributed by atoms with Crippen molar-refractivity contribution in [2.75, 3.05) is 19.7 Å². The molecule has 1 aromatic rings. The van der Waals surface area contributed by atoms with Gasteiger partial charge in [-0.25, -0.2) is 8.78 Å². The van der Waals surface area contributed by atoms with Crippen molar-refractivity contribution in [3.63, 3.8) is 0 Å². The molecular formula is C15H19F2NO2. The third-order valence-electron chi connectivity index (χ3n) is 2.85. The Morgan fingerprint density at radius 3 is 2.50 bits per heavy atom. The van der Waals surface area contributed by atoms with Crippen LogP contribution in [0.5, 0.6) is 0 Å². The number of carbonyl (C=O) groups excluding carboxylic acids is 1. The van der Waals surface area contributed by atoms with Crippen molar-refractivity contribution in [3.05, 3.63) is 41.5 Å². The van der Waals surface area contributed by atoms with E-state index in [1.165, 1.54) is 11.6 Å². The van der Waals surface area contributed by atoms with Gasteiger partial charge in [-0.05, 0) is 23.6 Å². The van der Waals surface area contributed by atoms with Gasteiger partial charge in [0.05, 0.1) is 13.2 Å². The fraction of sp³-hybridized carbons (Fsp3) is 0.400. The molecule has 3 nitrogen and oxygen atoms in total. The predicted molar refractivity (Wildman–Crippen MR) is 74.5 cm³/mol. The fourth-order valence-corrected chi connectivity index (χ4v) is 1.72. The number of halogens is 2. The molecule has 5 heteroatoms. The van der Waals surface area contributed by atoms with Crippen LogP contribution in [0, 0.1) is 0 Å². The number of carbonyl (C=O) groups is 1. The lowest BCUT2D eigenvalue weighted by atomic mass is 10.1. The number of hydrogen-bond donors (Lipinski definition) is 1. The van der Waals surface area contributed by atoms with E-state index in [1.807, 2.05) is 31.2 Å². The Labute approximate surface area is 117 Å². The number of aliphatic hydroxyl groups excluding tert-OH is 1. The summed E-state index contributed by atoms with van der Waals surface area (Å²) in [6, 6.07) is 7.64. The second-order valence-corrected chi connectivity index (χ2v) is 4.33. The lowest BCUT2D eigenvalue weighted by Gasteiger charge is -2.19. The first kappa shape index (κ1) is 16.3. The molecule has 0 fully saturated rings. The number of amides is 1. The maximum atomic E-state index is 12.3. The Hall–Kier alpha value is -1.75. The van der Waals surface area contributed by atoms with Gasteiger partial charge in [0, 0.05) is 12.6 Å². The quantitative estimate of drug-likeness (QED) is 0.780. The summed E-state index contributed by atoms with van der Waals surface area (Å²) in [4.78, 5) is 12.7. The van der Waals surface area contributed by atoms with Crippen LogP contribution >= 0.6 is 0 Å². The highest BCUT2D eigenvalue weighted by atomic mass is 19.3. The highest BCUT2D eigenvalue weighted by Gasteiger charge is 2.15. The van der Waals surface area contributed by atoms with E-state index in [1.54, 1.807) is 6.08 Å². The lowest BCUT2D eigenvalue weighted by Crippen LogP contribution is -2.36. The molecule has 0 bridgehead atoms. The van der Waals surface area contributed by atoms with E-state index in [4.69, 9.17) is 5.11 Å². The van der Waals surface area contributed by atoms with Gasteiger partial charge in [-0.3, -0.25) is 4.79 Å². The first-order valence-electron chi connectivity index (χ1n) is 6.51. The number of nitrogens with zero attached hydrogens (tertiary/aromatic N) is 1. The minimum Gasteiger partial charge on any atom is -0.395 e. The van der Waals surface area contributed by atoms with Crippen LogP contribution in [0.4, 0.5) is 8.78 Å². The summed E-state index contributed by atoms with van der Waals surface area (Å²) in [6.07, 6.45) is 1.15. The maximum Gasteiger partial charge on any atom is 0.255 e. The molecule has 0 saturated heterocycles. The Balaban J connectivity index is 2.67. The zero-order chi connectivity index (χ0) is 15.0. The van der Waals surface area contributed by atoms with Gasteiger partial charge >= 0.3 is 0 Å². The molecule has 1 rings (SSSR count). The molecule has 110 valence electrons. The third kappa shape index (κ3) is 5.48. The van der Waals surface area contributed by atoms with Gasteiger partial charge < -0.3 is 10.0 Å². The molecule has 0 heterocycles. The molecule has 1 amide bonds. The van der Waals surface area contributed by atoms with Gasteiger partial charge in [0.2, 0.25) is 5.91 Å². The Bertz CT molecular complexity index is 444. The van der Waals surface area contributed by atoms with E-state index in [9.17, 15) is 13.6 Å². The van der Waals surface area contributed by atoms with Crippen molar-refractivity contribution in [1.29, 1.82) is 0 Å². The smallest absolute Gasteiger partial charge is 0.255 e. The summed E-state index contributed by atoms with van der Waals surface area (Å²) in [5.74, 6) is -0.529. The average molecular weight is 283 g/mol. The molecule has 0 aliphatic carbocycles. The number of aliphatic hydroxyl groups is 1. The second-order valence-electron chi connectivity index (χ2n) is 4.33. The molecular weight excluding hydrogens is 264 g/mol. The number of alkyl halides is 2. The zero-order valence-electron chi connectivity index (χ0n) is 11.4. The third-order valence-corrected chi connectivity index (χ3v) is 2.85. The molecule has 0 unspecified atom stereocenters. The summed E-state index contributed by atoms with van der Waals surface area (Å²) in [7, 11) is 0. The van der Waals surface area contributed by atoms with Crippen LogP contribution in [-0.2, 0) is 11.2 Å². The largest absolute Gasteiger partial charge is 0.395 e. The van der Waals surface area contributed by atoms with Crippen molar-refractivity contribution in [1.82, 2.24) is 4.90 Å². The van der Waals surface area contributed by atoms with E-state index in [2.05, 4.69) is 0 Å². The van der Waals surface area contributed by atoms with Gasteiger partial charge in [0.15, 0.2) is 0 Å². The molecule has 0 aromatic heterocycles. The number of hydrogen-bond acceptors (Lipinski definition) is 2. The Morgan fingerprint density at radius 2 is 2.00 bits per heavy atom. The van der Waals surface area contributed by atoms with Crippen molar-refractivity contribution in [3.8, 4) is 0 Å². The Kier molecular flexibility index (Phi) is 6.87. The molecule has 0 spiro atoms. The highest BCUT2D eigenvalue weighted by Crippen LogP contribution is 2.07. The SMILES string of the molecule is CCc1ccc(/C=C/C(=O)N(CCO)CC(F)F)cc1. The van der Waals surface area contributed by atoms with Crippen LogP contribution in [0.15, 0.2) is 30.3 Å². The van der Waals surface area contributed by atoms with E-state index in [0.717, 1.165) is 16.9 Å². The van der Waals surface area contributed by atoms with Crippen LogP contribution < -0.4 is 0 Å². The number of benzene rings is 1. The van der Waals surface area contributed by atoms with Gasteiger partial charge in [0.25, 0.3) is 6.43 Å². The Morgan fingerprint density at radius 1 is 1.35 bits per heavy atom. The van der Waals surface area contributed by atoms with Crippen molar-refractivity contribution >= 4 is 12.0 Å². The summed E-state index contributed by atoms with van der Waals surface area (Å²) in [6.45, 7) is 0.948. The van der Waals surface area contributed by atoms with E-state index in [0.29, 0.717) is 0 Å². The molecule has 0 atom stereocenters. The minimum atomic E-state index is -2.61. The van der Waals surface area contributed by atoms with Crippen LogP contribution in [0.1, 0.15) is 18.1 Å². The van der Waals surface area contributed by atoms with Crippen LogP contribution in [0.3, 0.4) is 0 Å². The standard InChI is InChI=1S/C15H19F2NO2/c1-2-12-3-5-13(6-4-12)7-8-15(20)18(9-10-19)11-14(16)17/h3-8,14,19H,2,9-11H2,1H3/b8-7+. The van der Waals surface area contributed by atoms with E-state index < -0.39 is 18.9 Å². The van der Waals surface area contributed by atoms with Crippen LogP contribution in [0.2, 0.25) is 0 Å². The molecule has 0 saturated carbocycles. The van der Waals surface area contributed by atoms with Crippen molar-refractivity contribution in [2.24, 2.45) is 0 Å². The molecule has 0 aliphatic heterocycles. The van der Waals surface area contributed by atoms with E-state index >= 15 is 0 Å². The molecule has 0 aliphatic rings. The summed E-state index contributed by atoms with van der Waals surface area (Å²) < 4.78 is 24.6. The second kappa shape index (κ2) is 8.43. The first-order chi connectivity index (χ1) is 9.56. The summed E-state index contributed by atoms with van der Waals surface area (Å²) >= 11 is 0. The van der Waals surface area contributed by atoms with Gasteiger partial charge in [-0.15, -0.1) is 0 Å². The molecule has 0 radical (unpaired) electrons. The summed E-state index contributed by atoms with van der Waals surface area (Å²) in [5, 5.41) is 8.78. The normalized spacial score (nSPS) is 11.2. The van der Waals surface area contributed by atoms with E-state index in [-0.39, 0.29) is 13.2 Å². The number of rotatable bonds is 7. The maximum absolute atomic E-state index is 12.3. The topological polar surface area (TPSA) is 40.5 Å². The molecule has 1 N–H and O–H groups in total. The van der Waals surface area contributed by atoms with Crippen molar-refractivity contribution in [2.45, 2.75) is 19.8 Å². The van der Waals surface area contributed by atoms with Crippen LogP contribution in [-0.4, -0.2) is 42.0 Å². The van der Waals surface area contributed by atoms with Crippen molar-refractivity contribution < 1.29 is 18.7 Å². The highest BCUT2D eigenvalue weighted by molar-refractivity contribution is 5.91. The van der Waals surface area contributed by atoms with Gasteiger partial charge in [-0.2, -0.15) is 0 Å². The predicted octanol–water partition coefficient (Wildman–Crippen LogP) is 2.35. The first-order valence-corrected chi connectivity index (χ1v) is 6.51. The lowest BCUT2D eigenvalue weighted by molar-refractivity contribution is -0.128. The molecule has 20 heavy (non-hydrogen) atoms. The van der Waals surface area contributed by atoms with Crippen LogP contribution in [0.25, 0.3) is 6.08 Å². The summed E-state index contributed by atoms with van der Waals surface area (Å²) in [5.41, 5.74) is 2.02. The van der Waals surface area contributed by atoms with Gasteiger partial charge in [0.1, 0.15) is 0 Å². The minimum absolute atomic E-state index is 0.0950. The fourth-order valence-electron chi connectivity index (χ4n) is 1.72. The number of aryl methyl sites for hydroxylation is 1. The molecule has 1 aromatic carbocycles. The van der Waals surface area contributed by atoms with Gasteiger partial charge in [-0.1, -0.05) is 31.2 Å². The zero-order valence-corrected chi connectivity index (χ0v) is 11.4. The monoisotopic (exact) mass is 283 g/mol. The average Bonchev–Trinajstić information content (AvgIpc) is 2.44.